The molecular weight excluding hydrogens is 334 g/mol. The Kier molecular flexibility index (Phi) is 5.56. The van der Waals surface area contributed by atoms with Gasteiger partial charge in [-0.05, 0) is 19.1 Å². The monoisotopic (exact) mass is 351 g/mol. The Hall–Kier alpha value is -2.13. The Morgan fingerprint density at radius 3 is 2.57 bits per heavy atom. The normalized spacial score (nSPS) is 11.9. The first-order valence-electron chi connectivity index (χ1n) is 6.79. The minimum Gasteiger partial charge on any atom is -0.383 e. The molecular formula is C14H17N5O2S2. The Balaban J connectivity index is 2.03. The van der Waals surface area contributed by atoms with Gasteiger partial charge in [-0.15, -0.1) is 11.3 Å². The number of ketones is 1. The maximum absolute atomic E-state index is 12.5. The van der Waals surface area contributed by atoms with Crippen LogP contribution in [0.5, 0.6) is 0 Å². The number of rotatable bonds is 6. The third kappa shape index (κ3) is 4.93. The average molecular weight is 351 g/mol. The smallest absolute Gasteiger partial charge is 0.217 e. The van der Waals surface area contributed by atoms with E-state index in [4.69, 9.17) is 11.5 Å². The van der Waals surface area contributed by atoms with Crippen LogP contribution in [0.25, 0.3) is 0 Å². The molecule has 2 aromatic rings. The molecule has 2 heterocycles. The molecule has 0 aliphatic rings. The zero-order valence-corrected chi connectivity index (χ0v) is 14.3. The first-order valence-corrected chi connectivity index (χ1v) is 8.49. The standard InChI is InChI=1S/C14H17N5O2S2/c1-7(22-14-18-11(15)5-12(16)19-14)13(21)10-4-3-9(23-10)6-17-8(2)20/h3-5,7H,6H2,1-2H3,(H,17,20)(H4,15,16,18,19)/t7-/m0/s1. The zero-order valence-electron chi connectivity index (χ0n) is 12.7. The number of Topliss-reactive ketones (excluding diaryl/α,β-unsaturated/α-hetero) is 1. The minimum atomic E-state index is -0.372. The average Bonchev–Trinajstić information content (AvgIpc) is 2.91. The summed E-state index contributed by atoms with van der Waals surface area (Å²) >= 11 is 2.57. The van der Waals surface area contributed by atoms with Crippen molar-refractivity contribution in [1.29, 1.82) is 0 Å². The third-order valence-corrected chi connectivity index (χ3v) is 4.87. The molecule has 0 aliphatic carbocycles. The molecule has 23 heavy (non-hydrogen) atoms. The summed E-state index contributed by atoms with van der Waals surface area (Å²) in [6, 6.07) is 5.06. The van der Waals surface area contributed by atoms with Crippen molar-refractivity contribution in [3.63, 3.8) is 0 Å². The van der Waals surface area contributed by atoms with Gasteiger partial charge in [0.1, 0.15) is 11.6 Å². The second-order valence-electron chi connectivity index (χ2n) is 4.80. The molecule has 2 rings (SSSR count). The highest BCUT2D eigenvalue weighted by molar-refractivity contribution is 8.00. The van der Waals surface area contributed by atoms with Crippen molar-refractivity contribution in [3.05, 3.63) is 28.0 Å². The first kappa shape index (κ1) is 17.2. The predicted octanol–water partition coefficient (Wildman–Crippen LogP) is 1.70. The molecule has 2 aromatic heterocycles. The maximum Gasteiger partial charge on any atom is 0.217 e. The molecule has 1 atom stereocenters. The minimum absolute atomic E-state index is 0.0290. The van der Waals surface area contributed by atoms with E-state index in [0.717, 1.165) is 4.88 Å². The largest absolute Gasteiger partial charge is 0.383 e. The van der Waals surface area contributed by atoms with Crippen molar-refractivity contribution in [3.8, 4) is 0 Å². The van der Waals surface area contributed by atoms with E-state index in [1.165, 1.54) is 36.1 Å². The van der Waals surface area contributed by atoms with Crippen LogP contribution >= 0.6 is 23.1 Å². The number of aromatic nitrogens is 2. The van der Waals surface area contributed by atoms with E-state index in [1.54, 1.807) is 13.0 Å². The molecule has 0 aliphatic heterocycles. The van der Waals surface area contributed by atoms with Crippen LogP contribution < -0.4 is 16.8 Å². The second-order valence-corrected chi connectivity index (χ2v) is 7.28. The highest BCUT2D eigenvalue weighted by Gasteiger charge is 2.20. The lowest BCUT2D eigenvalue weighted by Crippen LogP contribution is -2.18. The summed E-state index contributed by atoms with van der Waals surface area (Å²) in [6.07, 6.45) is 0. The van der Waals surface area contributed by atoms with Crippen LogP contribution in [0.4, 0.5) is 11.6 Å². The molecule has 0 saturated carbocycles. The Morgan fingerprint density at radius 1 is 1.30 bits per heavy atom. The van der Waals surface area contributed by atoms with E-state index in [-0.39, 0.29) is 28.6 Å². The fourth-order valence-corrected chi connectivity index (χ4v) is 3.66. The zero-order chi connectivity index (χ0) is 17.0. The van der Waals surface area contributed by atoms with E-state index in [9.17, 15) is 9.59 Å². The number of amides is 1. The molecule has 0 saturated heterocycles. The molecule has 0 fully saturated rings. The van der Waals surface area contributed by atoms with Gasteiger partial charge in [-0.25, -0.2) is 9.97 Å². The van der Waals surface area contributed by atoms with Crippen molar-refractivity contribution >= 4 is 46.4 Å². The Morgan fingerprint density at radius 2 is 1.96 bits per heavy atom. The lowest BCUT2D eigenvalue weighted by atomic mass is 10.2. The molecule has 1 amide bonds. The summed E-state index contributed by atoms with van der Waals surface area (Å²) in [7, 11) is 0. The van der Waals surface area contributed by atoms with Gasteiger partial charge in [-0.3, -0.25) is 9.59 Å². The SMILES string of the molecule is CC(=O)NCc1ccc(C(=O)[C@H](C)Sc2nc(N)cc(N)n2)s1. The van der Waals surface area contributed by atoms with Crippen LogP contribution in [0, 0.1) is 0 Å². The van der Waals surface area contributed by atoms with Crippen molar-refractivity contribution in [2.45, 2.75) is 30.8 Å². The summed E-state index contributed by atoms with van der Waals surface area (Å²) in [5.41, 5.74) is 11.2. The molecule has 0 unspecified atom stereocenters. The molecule has 0 spiro atoms. The number of thiophene rings is 1. The lowest BCUT2D eigenvalue weighted by molar-refractivity contribution is -0.119. The van der Waals surface area contributed by atoms with E-state index < -0.39 is 0 Å². The van der Waals surface area contributed by atoms with Gasteiger partial charge < -0.3 is 16.8 Å². The van der Waals surface area contributed by atoms with E-state index in [1.807, 2.05) is 6.07 Å². The summed E-state index contributed by atoms with van der Waals surface area (Å²) in [6.45, 7) is 3.66. The number of carbonyl (C=O) groups excluding carboxylic acids is 2. The van der Waals surface area contributed by atoms with E-state index >= 15 is 0 Å². The number of nitrogen functional groups attached to an aromatic ring is 2. The molecule has 9 heteroatoms. The van der Waals surface area contributed by atoms with Gasteiger partial charge in [-0.2, -0.15) is 0 Å². The number of anilines is 2. The van der Waals surface area contributed by atoms with E-state index in [2.05, 4.69) is 15.3 Å². The number of nitrogens with zero attached hydrogens (tertiary/aromatic N) is 2. The van der Waals surface area contributed by atoms with Crippen molar-refractivity contribution < 1.29 is 9.59 Å². The topological polar surface area (TPSA) is 124 Å². The van der Waals surface area contributed by atoms with Gasteiger partial charge in [0.2, 0.25) is 5.91 Å². The molecule has 7 nitrogen and oxygen atoms in total. The quantitative estimate of drug-likeness (QED) is 0.411. The van der Waals surface area contributed by atoms with Gasteiger partial charge in [0, 0.05) is 17.9 Å². The van der Waals surface area contributed by atoms with Crippen molar-refractivity contribution in [2.24, 2.45) is 0 Å². The first-order chi connectivity index (χ1) is 10.8. The van der Waals surface area contributed by atoms with Gasteiger partial charge in [0.15, 0.2) is 10.9 Å². The van der Waals surface area contributed by atoms with Gasteiger partial charge >= 0.3 is 0 Å². The number of hydrogen-bond acceptors (Lipinski definition) is 8. The second kappa shape index (κ2) is 7.42. The Bertz CT molecular complexity index is 711. The number of hydrogen-bond donors (Lipinski definition) is 3. The Labute approximate surface area is 141 Å². The van der Waals surface area contributed by atoms with Crippen LogP contribution in [0.15, 0.2) is 23.4 Å². The number of thioether (sulfide) groups is 1. The van der Waals surface area contributed by atoms with Gasteiger partial charge in [0.05, 0.1) is 16.7 Å². The summed E-state index contributed by atoms with van der Waals surface area (Å²) < 4.78 is 0. The van der Waals surface area contributed by atoms with Crippen LogP contribution in [-0.2, 0) is 11.3 Å². The fraction of sp³-hybridized carbons (Fsp3) is 0.286. The lowest BCUT2D eigenvalue weighted by Gasteiger charge is -2.08. The van der Waals surface area contributed by atoms with Crippen LogP contribution in [0.1, 0.15) is 28.4 Å². The predicted molar refractivity (Wildman–Crippen MR) is 92.3 cm³/mol. The third-order valence-electron chi connectivity index (χ3n) is 2.81. The number of carbonyl (C=O) groups is 2. The summed E-state index contributed by atoms with van der Waals surface area (Å²) in [5, 5.41) is 2.70. The van der Waals surface area contributed by atoms with Crippen LogP contribution in [-0.4, -0.2) is 26.9 Å². The summed E-state index contributed by atoms with van der Waals surface area (Å²) in [5.74, 6) is 0.409. The highest BCUT2D eigenvalue weighted by Crippen LogP contribution is 2.27. The van der Waals surface area contributed by atoms with Crippen molar-refractivity contribution in [1.82, 2.24) is 15.3 Å². The molecule has 0 bridgehead atoms. The van der Waals surface area contributed by atoms with E-state index in [0.29, 0.717) is 16.6 Å². The summed E-state index contributed by atoms with van der Waals surface area (Å²) in [4.78, 5) is 33.0. The molecule has 0 aromatic carbocycles. The molecule has 0 radical (unpaired) electrons. The van der Waals surface area contributed by atoms with Gasteiger partial charge in [-0.1, -0.05) is 11.8 Å². The fourth-order valence-electron chi connectivity index (χ4n) is 1.74. The molecule has 122 valence electrons. The van der Waals surface area contributed by atoms with Crippen LogP contribution in [0.3, 0.4) is 0 Å². The highest BCUT2D eigenvalue weighted by atomic mass is 32.2. The maximum atomic E-state index is 12.5. The number of nitrogens with two attached hydrogens (primary N) is 2. The molecule has 5 N–H and O–H groups in total. The number of nitrogens with one attached hydrogen (secondary N) is 1. The van der Waals surface area contributed by atoms with Gasteiger partial charge in [0.25, 0.3) is 0 Å². The van der Waals surface area contributed by atoms with Crippen molar-refractivity contribution in [2.75, 3.05) is 11.5 Å². The van der Waals surface area contributed by atoms with Crippen LogP contribution in [0.2, 0.25) is 0 Å².